The largest absolute Gasteiger partial charge is 0.492 e. The Hall–Kier alpha value is -3.17. The second-order valence-electron chi connectivity index (χ2n) is 12.8. The molecule has 1 saturated heterocycles. The Morgan fingerprint density at radius 1 is 1.12 bits per heavy atom. The van der Waals surface area contributed by atoms with Gasteiger partial charge in [-0.05, 0) is 107 Å². The molecule has 9 nitrogen and oxygen atoms in total. The summed E-state index contributed by atoms with van der Waals surface area (Å²) in [6, 6.07) is 8.68. The van der Waals surface area contributed by atoms with Crippen LogP contribution in [0, 0.1) is 23.7 Å². The van der Waals surface area contributed by atoms with Gasteiger partial charge >= 0.3 is 5.97 Å². The highest BCUT2D eigenvalue weighted by molar-refractivity contribution is 6.32. The molecule has 10 heteroatoms. The van der Waals surface area contributed by atoms with Crippen LogP contribution in [0.3, 0.4) is 0 Å². The molecule has 2 heterocycles. The maximum atomic E-state index is 13.8. The number of pyridine rings is 1. The van der Waals surface area contributed by atoms with Crippen molar-refractivity contribution >= 4 is 35.1 Å². The summed E-state index contributed by atoms with van der Waals surface area (Å²) >= 11 is 6.47. The SMILES string of the molecule is CN(C)CCCOc1cc(-c2nc(C(=O)NC3(C(=O)O)C4CC5CC(C4)CC3C5)ccc2N2CCCC2=O)ccc1Cl. The maximum Gasteiger partial charge on any atom is 0.330 e. The first-order valence-electron chi connectivity index (χ1n) is 15.1. The van der Waals surface area contributed by atoms with Gasteiger partial charge in [0.1, 0.15) is 17.0 Å². The Kier molecular flexibility index (Phi) is 7.91. The number of nitrogens with zero attached hydrogens (tertiary/aromatic N) is 3. The standard InChI is InChI=1S/C32H39ClN4O5/c1-36(2)10-4-12-42-27-18-21(6-7-24(27)33)29-26(37-11-3-5-28(37)38)9-8-25(34-29)30(39)35-32(31(40)41)22-14-19-13-20(16-22)17-23(32)15-19/h6-9,18-20,22-23H,3-5,10-17H2,1-2H3,(H,35,39)(H,40,41). The molecule has 1 aliphatic heterocycles. The maximum absolute atomic E-state index is 13.8. The van der Waals surface area contributed by atoms with Crippen LogP contribution in [-0.2, 0) is 9.59 Å². The molecule has 224 valence electrons. The Labute approximate surface area is 251 Å². The number of halogens is 1. The van der Waals surface area contributed by atoms with E-state index in [2.05, 4.69) is 10.2 Å². The molecule has 7 rings (SSSR count). The van der Waals surface area contributed by atoms with Gasteiger partial charge in [0.15, 0.2) is 0 Å². The van der Waals surface area contributed by atoms with E-state index in [-0.39, 0.29) is 23.4 Å². The lowest BCUT2D eigenvalue weighted by molar-refractivity contribution is -0.163. The highest BCUT2D eigenvalue weighted by Crippen LogP contribution is 2.58. The van der Waals surface area contributed by atoms with Gasteiger partial charge in [0.2, 0.25) is 5.91 Å². The number of anilines is 1. The number of aromatic nitrogens is 1. The third-order valence-electron chi connectivity index (χ3n) is 9.78. The van der Waals surface area contributed by atoms with Crippen molar-refractivity contribution < 1.29 is 24.2 Å². The number of ether oxygens (including phenoxy) is 1. The zero-order valence-electron chi connectivity index (χ0n) is 24.3. The fourth-order valence-electron chi connectivity index (χ4n) is 8.02. The normalized spacial score (nSPS) is 28.0. The molecule has 4 aliphatic carbocycles. The number of hydrogen-bond acceptors (Lipinski definition) is 6. The van der Waals surface area contributed by atoms with Crippen LogP contribution in [0.15, 0.2) is 30.3 Å². The van der Waals surface area contributed by atoms with Gasteiger partial charge in [0.25, 0.3) is 5.91 Å². The third kappa shape index (κ3) is 5.26. The summed E-state index contributed by atoms with van der Waals surface area (Å²) in [5, 5.41) is 14.0. The van der Waals surface area contributed by atoms with Crippen LogP contribution in [0.2, 0.25) is 5.02 Å². The second kappa shape index (κ2) is 11.5. The van der Waals surface area contributed by atoms with Gasteiger partial charge in [-0.25, -0.2) is 9.78 Å². The lowest BCUT2D eigenvalue weighted by atomic mass is 9.48. The number of carbonyl (C=O) groups excluding carboxylic acids is 2. The summed E-state index contributed by atoms with van der Waals surface area (Å²) in [5.41, 5.74) is 0.580. The molecule has 0 unspecified atom stereocenters. The number of benzene rings is 1. The number of hydrogen-bond donors (Lipinski definition) is 2. The Morgan fingerprint density at radius 2 is 1.83 bits per heavy atom. The molecule has 0 radical (unpaired) electrons. The molecule has 1 aromatic heterocycles. The van der Waals surface area contributed by atoms with Crippen molar-refractivity contribution in [2.75, 3.05) is 38.7 Å². The first kappa shape index (κ1) is 28.9. The average molecular weight is 595 g/mol. The molecule has 5 aliphatic rings. The predicted molar refractivity (Wildman–Crippen MR) is 160 cm³/mol. The summed E-state index contributed by atoms with van der Waals surface area (Å²) in [7, 11) is 4.01. The minimum atomic E-state index is -1.27. The van der Waals surface area contributed by atoms with E-state index in [4.69, 9.17) is 21.3 Å². The van der Waals surface area contributed by atoms with Crippen LogP contribution in [-0.4, -0.2) is 72.1 Å². The van der Waals surface area contributed by atoms with Crippen molar-refractivity contribution in [2.24, 2.45) is 23.7 Å². The monoisotopic (exact) mass is 594 g/mol. The lowest BCUT2D eigenvalue weighted by Gasteiger charge is -2.59. The van der Waals surface area contributed by atoms with Crippen molar-refractivity contribution in [1.29, 1.82) is 0 Å². The molecule has 4 saturated carbocycles. The van der Waals surface area contributed by atoms with E-state index >= 15 is 0 Å². The van der Waals surface area contributed by atoms with Crippen LogP contribution in [0.4, 0.5) is 5.69 Å². The van der Waals surface area contributed by atoms with Gasteiger partial charge in [-0.15, -0.1) is 0 Å². The van der Waals surface area contributed by atoms with Crippen LogP contribution < -0.4 is 15.0 Å². The van der Waals surface area contributed by atoms with Gasteiger partial charge < -0.3 is 25.0 Å². The summed E-state index contributed by atoms with van der Waals surface area (Å²) < 4.78 is 6.00. The Morgan fingerprint density at radius 3 is 2.45 bits per heavy atom. The number of rotatable bonds is 10. The first-order valence-corrected chi connectivity index (χ1v) is 15.5. The third-order valence-corrected chi connectivity index (χ3v) is 10.1. The highest BCUT2D eigenvalue weighted by atomic mass is 35.5. The molecule has 0 atom stereocenters. The van der Waals surface area contributed by atoms with Crippen molar-refractivity contribution in [3.8, 4) is 17.0 Å². The molecule has 2 amide bonds. The van der Waals surface area contributed by atoms with Gasteiger partial charge in [-0.1, -0.05) is 17.7 Å². The molecule has 0 spiro atoms. The summed E-state index contributed by atoms with van der Waals surface area (Å²) in [6.07, 6.45) is 6.58. The van der Waals surface area contributed by atoms with E-state index in [1.54, 1.807) is 35.2 Å². The van der Waals surface area contributed by atoms with Gasteiger partial charge in [-0.2, -0.15) is 0 Å². The van der Waals surface area contributed by atoms with Crippen molar-refractivity contribution in [3.05, 3.63) is 41.0 Å². The number of carboxylic acids is 1. The molecule has 5 fully saturated rings. The molecular formula is C32H39ClN4O5. The molecule has 2 N–H and O–H groups in total. The van der Waals surface area contributed by atoms with Gasteiger partial charge in [0, 0.05) is 25.1 Å². The van der Waals surface area contributed by atoms with Crippen molar-refractivity contribution in [3.63, 3.8) is 0 Å². The first-order chi connectivity index (χ1) is 20.2. The number of amides is 2. The fourth-order valence-corrected chi connectivity index (χ4v) is 8.19. The average Bonchev–Trinajstić information content (AvgIpc) is 3.38. The summed E-state index contributed by atoms with van der Waals surface area (Å²) in [6.45, 7) is 1.92. The van der Waals surface area contributed by atoms with E-state index < -0.39 is 17.4 Å². The molecule has 2 aromatic rings. The van der Waals surface area contributed by atoms with E-state index in [1.165, 1.54) is 6.42 Å². The Balaban J connectivity index is 1.33. The lowest BCUT2D eigenvalue weighted by Crippen LogP contribution is -2.70. The summed E-state index contributed by atoms with van der Waals surface area (Å²) in [5.74, 6) is 0.0346. The molecular weight excluding hydrogens is 556 g/mol. The van der Waals surface area contributed by atoms with Crippen LogP contribution in [0.5, 0.6) is 5.75 Å². The number of nitrogens with one attached hydrogen (secondary N) is 1. The Bertz CT molecular complexity index is 1370. The predicted octanol–water partition coefficient (Wildman–Crippen LogP) is 4.87. The minimum Gasteiger partial charge on any atom is -0.492 e. The van der Waals surface area contributed by atoms with E-state index in [0.29, 0.717) is 59.1 Å². The van der Waals surface area contributed by atoms with Crippen LogP contribution >= 0.6 is 11.6 Å². The van der Waals surface area contributed by atoms with Crippen LogP contribution in [0.1, 0.15) is 61.9 Å². The topological polar surface area (TPSA) is 112 Å². The highest BCUT2D eigenvalue weighted by Gasteiger charge is 2.62. The second-order valence-corrected chi connectivity index (χ2v) is 13.2. The van der Waals surface area contributed by atoms with Crippen molar-refractivity contribution in [1.82, 2.24) is 15.2 Å². The number of carbonyl (C=O) groups is 3. The molecule has 4 bridgehead atoms. The zero-order valence-corrected chi connectivity index (χ0v) is 25.0. The van der Waals surface area contributed by atoms with E-state index in [0.717, 1.165) is 45.1 Å². The number of carboxylic acid groups (broad SMARTS) is 1. The quantitative estimate of drug-likeness (QED) is 0.378. The van der Waals surface area contributed by atoms with Crippen LogP contribution in [0.25, 0.3) is 11.3 Å². The smallest absolute Gasteiger partial charge is 0.330 e. The summed E-state index contributed by atoms with van der Waals surface area (Å²) in [4.78, 5) is 48.0. The molecule has 42 heavy (non-hydrogen) atoms. The molecule has 1 aromatic carbocycles. The van der Waals surface area contributed by atoms with Crippen molar-refractivity contribution in [2.45, 2.75) is 56.9 Å². The number of aliphatic carboxylic acids is 1. The van der Waals surface area contributed by atoms with E-state index in [9.17, 15) is 19.5 Å². The van der Waals surface area contributed by atoms with Gasteiger partial charge in [0.05, 0.1) is 23.0 Å². The zero-order chi connectivity index (χ0) is 29.6. The van der Waals surface area contributed by atoms with E-state index in [1.807, 2.05) is 14.1 Å². The minimum absolute atomic E-state index is 0.00259. The fraction of sp³-hybridized carbons (Fsp3) is 0.562. The van der Waals surface area contributed by atoms with Gasteiger partial charge in [-0.3, -0.25) is 9.59 Å².